The van der Waals surface area contributed by atoms with Gasteiger partial charge in [-0.3, -0.25) is 15.0 Å². The van der Waals surface area contributed by atoms with E-state index in [2.05, 4.69) is 10.4 Å². The minimum Gasteiger partial charge on any atom is -0.383 e. The molecule has 31 heavy (non-hydrogen) atoms. The summed E-state index contributed by atoms with van der Waals surface area (Å²) < 4.78 is 44.2. The number of nitrogens with one attached hydrogen (secondary N) is 1. The molecule has 0 saturated heterocycles. The fraction of sp³-hybridized carbons (Fsp3) is 0.286. The standard InChI is InChI=1S/C21H21F3N4O3/c1-27(11-12-31-2)20-25-17-6-4-3-5-16(17)19(30)28(20)26-18(29)13-14-7-9-15(10-8-14)21(22,23)24/h3-10H,11-13H2,1-2H3,(H,26,29). The first-order valence-corrected chi connectivity index (χ1v) is 9.38. The summed E-state index contributed by atoms with van der Waals surface area (Å²) in [5.41, 5.74) is 2.10. The molecule has 0 aliphatic rings. The number of benzene rings is 2. The molecular formula is C21H21F3N4O3. The van der Waals surface area contributed by atoms with Crippen LogP contribution in [0.4, 0.5) is 19.1 Å². The summed E-state index contributed by atoms with van der Waals surface area (Å²) in [7, 11) is 3.24. The van der Waals surface area contributed by atoms with Crippen molar-refractivity contribution < 1.29 is 22.7 Å². The Labute approximate surface area is 176 Å². The number of halogens is 3. The quantitative estimate of drug-likeness (QED) is 0.619. The third-order valence-electron chi connectivity index (χ3n) is 4.61. The van der Waals surface area contributed by atoms with Crippen LogP contribution in [0.3, 0.4) is 0 Å². The first-order valence-electron chi connectivity index (χ1n) is 9.38. The first-order chi connectivity index (χ1) is 14.7. The zero-order valence-corrected chi connectivity index (χ0v) is 16.9. The number of ether oxygens (including phenoxy) is 1. The third kappa shape index (κ3) is 5.21. The van der Waals surface area contributed by atoms with E-state index in [0.29, 0.717) is 29.6 Å². The molecule has 0 saturated carbocycles. The highest BCUT2D eigenvalue weighted by molar-refractivity contribution is 5.87. The Morgan fingerprint density at radius 2 is 1.84 bits per heavy atom. The topological polar surface area (TPSA) is 76.5 Å². The van der Waals surface area contributed by atoms with Gasteiger partial charge in [-0.05, 0) is 29.8 Å². The summed E-state index contributed by atoms with van der Waals surface area (Å²) >= 11 is 0. The SMILES string of the molecule is COCCN(C)c1nc2ccccc2c(=O)n1NC(=O)Cc1ccc(C(F)(F)F)cc1. The van der Waals surface area contributed by atoms with Gasteiger partial charge < -0.3 is 9.64 Å². The van der Waals surface area contributed by atoms with Crippen molar-refractivity contribution >= 4 is 22.8 Å². The molecule has 10 heteroatoms. The molecule has 0 aliphatic heterocycles. The van der Waals surface area contributed by atoms with E-state index in [9.17, 15) is 22.8 Å². The van der Waals surface area contributed by atoms with Crippen LogP contribution >= 0.6 is 0 Å². The van der Waals surface area contributed by atoms with Gasteiger partial charge in [-0.25, -0.2) is 4.98 Å². The molecule has 0 bridgehead atoms. The lowest BCUT2D eigenvalue weighted by atomic mass is 10.1. The lowest BCUT2D eigenvalue weighted by Crippen LogP contribution is -2.39. The smallest absolute Gasteiger partial charge is 0.383 e. The van der Waals surface area contributed by atoms with Crippen LogP contribution in [0.25, 0.3) is 10.9 Å². The molecule has 0 radical (unpaired) electrons. The van der Waals surface area contributed by atoms with Crippen LogP contribution in [0, 0.1) is 0 Å². The number of nitrogens with zero attached hydrogens (tertiary/aromatic N) is 3. The van der Waals surface area contributed by atoms with Gasteiger partial charge in [0.15, 0.2) is 0 Å². The number of hydrogen-bond acceptors (Lipinski definition) is 5. The van der Waals surface area contributed by atoms with Crippen molar-refractivity contribution in [3.63, 3.8) is 0 Å². The van der Waals surface area contributed by atoms with Crippen molar-refractivity contribution in [2.45, 2.75) is 12.6 Å². The predicted molar refractivity (Wildman–Crippen MR) is 111 cm³/mol. The highest BCUT2D eigenvalue weighted by Gasteiger charge is 2.30. The number of carbonyl (C=O) groups excluding carboxylic acids is 1. The number of hydrogen-bond donors (Lipinski definition) is 1. The Kier molecular flexibility index (Phi) is 6.59. The second-order valence-electron chi connectivity index (χ2n) is 6.89. The number of aromatic nitrogens is 2. The van der Waals surface area contributed by atoms with Crippen LogP contribution < -0.4 is 15.9 Å². The number of amides is 1. The fourth-order valence-corrected chi connectivity index (χ4v) is 2.97. The fourth-order valence-electron chi connectivity index (χ4n) is 2.97. The Morgan fingerprint density at radius 1 is 1.16 bits per heavy atom. The van der Waals surface area contributed by atoms with Crippen molar-refractivity contribution in [2.24, 2.45) is 0 Å². The van der Waals surface area contributed by atoms with Crippen LogP contribution in [-0.2, 0) is 22.1 Å². The van der Waals surface area contributed by atoms with Gasteiger partial charge in [0.05, 0.1) is 29.5 Å². The number of methoxy groups -OCH3 is 1. The molecule has 1 aromatic heterocycles. The number of rotatable bonds is 7. The number of alkyl halides is 3. The van der Waals surface area contributed by atoms with Crippen LogP contribution in [0.1, 0.15) is 11.1 Å². The molecule has 0 fully saturated rings. The van der Waals surface area contributed by atoms with Crippen molar-refractivity contribution in [1.29, 1.82) is 0 Å². The van der Waals surface area contributed by atoms with Gasteiger partial charge in [0.2, 0.25) is 11.9 Å². The number of anilines is 1. The molecule has 164 valence electrons. The summed E-state index contributed by atoms with van der Waals surface area (Å²) in [4.78, 5) is 31.7. The largest absolute Gasteiger partial charge is 0.416 e. The maximum atomic E-state index is 13.0. The molecule has 1 amide bonds. The predicted octanol–water partition coefficient (Wildman–Crippen LogP) is 2.81. The molecule has 1 N–H and O–H groups in total. The van der Waals surface area contributed by atoms with Crippen LogP contribution in [0.15, 0.2) is 53.3 Å². The van der Waals surface area contributed by atoms with E-state index in [-0.39, 0.29) is 12.4 Å². The highest BCUT2D eigenvalue weighted by atomic mass is 19.4. The number of para-hydroxylation sites is 1. The van der Waals surface area contributed by atoms with E-state index in [1.807, 2.05) is 0 Å². The van der Waals surface area contributed by atoms with Crippen molar-refractivity contribution in [3.05, 3.63) is 70.0 Å². The van der Waals surface area contributed by atoms with Gasteiger partial charge >= 0.3 is 6.18 Å². The van der Waals surface area contributed by atoms with Gasteiger partial charge in [0.25, 0.3) is 5.56 Å². The Balaban J connectivity index is 1.89. The van der Waals surface area contributed by atoms with Crippen molar-refractivity contribution in [3.8, 4) is 0 Å². The Bertz CT molecular complexity index is 1130. The number of likely N-dealkylation sites (N-methyl/N-ethyl adjacent to an activating group) is 1. The van der Waals surface area contributed by atoms with Gasteiger partial charge in [-0.15, -0.1) is 0 Å². The lowest BCUT2D eigenvalue weighted by molar-refractivity contribution is -0.137. The van der Waals surface area contributed by atoms with E-state index in [1.54, 1.807) is 43.3 Å². The second-order valence-corrected chi connectivity index (χ2v) is 6.89. The maximum Gasteiger partial charge on any atom is 0.416 e. The van der Waals surface area contributed by atoms with Crippen LogP contribution in [0.2, 0.25) is 0 Å². The van der Waals surface area contributed by atoms with Gasteiger partial charge in [-0.1, -0.05) is 24.3 Å². The molecule has 7 nitrogen and oxygen atoms in total. The highest BCUT2D eigenvalue weighted by Crippen LogP contribution is 2.29. The summed E-state index contributed by atoms with van der Waals surface area (Å²) in [6.45, 7) is 0.786. The van der Waals surface area contributed by atoms with Gasteiger partial charge in [0, 0.05) is 20.7 Å². The second kappa shape index (κ2) is 9.17. The molecule has 0 atom stereocenters. The molecule has 0 aliphatic carbocycles. The average Bonchev–Trinajstić information content (AvgIpc) is 2.73. The minimum absolute atomic E-state index is 0.210. The van der Waals surface area contributed by atoms with E-state index in [4.69, 9.17) is 4.74 Å². The maximum absolute atomic E-state index is 13.0. The monoisotopic (exact) mass is 434 g/mol. The van der Waals surface area contributed by atoms with Crippen LogP contribution in [-0.4, -0.2) is 42.9 Å². The lowest BCUT2D eigenvalue weighted by Gasteiger charge is -2.22. The normalized spacial score (nSPS) is 11.5. The van der Waals surface area contributed by atoms with E-state index < -0.39 is 23.2 Å². The molecule has 2 aromatic carbocycles. The summed E-state index contributed by atoms with van der Waals surface area (Å²) in [6, 6.07) is 11.0. The van der Waals surface area contributed by atoms with E-state index in [1.165, 1.54) is 12.1 Å². The minimum atomic E-state index is -4.45. The average molecular weight is 434 g/mol. The van der Waals surface area contributed by atoms with Gasteiger partial charge in [-0.2, -0.15) is 17.8 Å². The number of carbonyl (C=O) groups is 1. The van der Waals surface area contributed by atoms with Gasteiger partial charge in [0.1, 0.15) is 0 Å². The molecule has 3 rings (SSSR count). The summed E-state index contributed by atoms with van der Waals surface area (Å²) in [5, 5.41) is 0.321. The van der Waals surface area contributed by atoms with E-state index in [0.717, 1.165) is 16.8 Å². The number of fused-ring (bicyclic) bond motifs is 1. The molecule has 0 spiro atoms. The third-order valence-corrected chi connectivity index (χ3v) is 4.61. The molecule has 3 aromatic rings. The molecule has 1 heterocycles. The van der Waals surface area contributed by atoms with Crippen molar-refractivity contribution in [1.82, 2.24) is 9.66 Å². The zero-order valence-electron chi connectivity index (χ0n) is 16.9. The van der Waals surface area contributed by atoms with Crippen molar-refractivity contribution in [2.75, 3.05) is 37.6 Å². The van der Waals surface area contributed by atoms with Crippen LogP contribution in [0.5, 0.6) is 0 Å². The Morgan fingerprint density at radius 3 is 2.48 bits per heavy atom. The molecule has 0 unspecified atom stereocenters. The van der Waals surface area contributed by atoms with E-state index >= 15 is 0 Å². The first kappa shape index (κ1) is 22.3. The summed E-state index contributed by atoms with van der Waals surface area (Å²) in [5.74, 6) is -0.359. The summed E-state index contributed by atoms with van der Waals surface area (Å²) in [6.07, 6.45) is -4.66. The molecular weight excluding hydrogens is 413 g/mol. The zero-order chi connectivity index (χ0) is 22.6. The Hall–Kier alpha value is -3.40.